The number of nitrogens with two attached hydrogens (primary N) is 1. The van der Waals surface area contributed by atoms with E-state index in [1.165, 1.54) is 4.68 Å². The molecule has 1 saturated heterocycles. The molecule has 1 fully saturated rings. The molecule has 2 N–H and O–H groups in total. The molecule has 0 aromatic carbocycles. The molecule has 2 rings (SSSR count). The number of carbonyl (C=O) groups excluding carboxylic acids is 1. The third-order valence-corrected chi connectivity index (χ3v) is 2.75. The predicted octanol–water partition coefficient (Wildman–Crippen LogP) is 0.383. The van der Waals surface area contributed by atoms with Gasteiger partial charge in [-0.25, -0.2) is 0 Å². The van der Waals surface area contributed by atoms with Crippen molar-refractivity contribution in [3.8, 4) is 0 Å². The minimum absolute atomic E-state index is 0.136. The summed E-state index contributed by atoms with van der Waals surface area (Å²) in [6.45, 7) is 8.18. The first-order valence-corrected chi connectivity index (χ1v) is 5.99. The fraction of sp³-hybridized carbons (Fsp3) is 0.727. The Morgan fingerprint density at radius 2 is 1.94 bits per heavy atom. The molecule has 18 heavy (non-hydrogen) atoms. The molecule has 0 bridgehead atoms. The third-order valence-electron chi connectivity index (χ3n) is 2.75. The van der Waals surface area contributed by atoms with Crippen LogP contribution in [-0.2, 0) is 4.74 Å². The van der Waals surface area contributed by atoms with E-state index in [0.717, 1.165) is 0 Å². The number of anilines is 2. The second-order valence-corrected chi connectivity index (χ2v) is 5.34. The van der Waals surface area contributed by atoms with E-state index < -0.39 is 5.41 Å². The van der Waals surface area contributed by atoms with Gasteiger partial charge in [0.15, 0.2) is 0 Å². The highest BCUT2D eigenvalue weighted by molar-refractivity contribution is 5.85. The first-order chi connectivity index (χ1) is 8.39. The van der Waals surface area contributed by atoms with E-state index in [-0.39, 0.29) is 11.9 Å². The lowest BCUT2D eigenvalue weighted by molar-refractivity contribution is 0.0752. The van der Waals surface area contributed by atoms with Gasteiger partial charge in [0.05, 0.1) is 13.2 Å². The van der Waals surface area contributed by atoms with Gasteiger partial charge in [-0.3, -0.25) is 4.79 Å². The van der Waals surface area contributed by atoms with Gasteiger partial charge in [0.25, 0.3) is 5.91 Å². The van der Waals surface area contributed by atoms with Crippen LogP contribution in [0.2, 0.25) is 0 Å². The van der Waals surface area contributed by atoms with Gasteiger partial charge in [-0.1, -0.05) is 20.8 Å². The van der Waals surface area contributed by atoms with E-state index in [2.05, 4.69) is 10.1 Å². The number of carbonyl (C=O) groups is 1. The number of rotatable bonds is 1. The van der Waals surface area contributed by atoms with E-state index in [9.17, 15) is 4.79 Å². The zero-order valence-corrected chi connectivity index (χ0v) is 11.0. The van der Waals surface area contributed by atoms with Gasteiger partial charge in [-0.2, -0.15) is 9.67 Å². The summed E-state index contributed by atoms with van der Waals surface area (Å²) in [6, 6.07) is 0. The maximum atomic E-state index is 12.1. The smallest absolute Gasteiger partial charge is 0.255 e. The Bertz CT molecular complexity index is 443. The summed E-state index contributed by atoms with van der Waals surface area (Å²) in [4.78, 5) is 18.2. The molecular formula is C11H19N5O2. The molecule has 1 aliphatic heterocycles. The minimum Gasteiger partial charge on any atom is -0.378 e. The summed E-state index contributed by atoms with van der Waals surface area (Å²) in [5.74, 6) is 0.469. The Kier molecular flexibility index (Phi) is 3.25. The van der Waals surface area contributed by atoms with Crippen molar-refractivity contribution < 1.29 is 9.53 Å². The maximum absolute atomic E-state index is 12.1. The van der Waals surface area contributed by atoms with Crippen LogP contribution in [0.4, 0.5) is 11.9 Å². The number of aromatic nitrogens is 3. The minimum atomic E-state index is -0.538. The number of nitrogens with zero attached hydrogens (tertiary/aromatic N) is 4. The predicted molar refractivity (Wildman–Crippen MR) is 67.5 cm³/mol. The van der Waals surface area contributed by atoms with E-state index in [1.807, 2.05) is 25.7 Å². The summed E-state index contributed by atoms with van der Waals surface area (Å²) in [6.07, 6.45) is 0. The van der Waals surface area contributed by atoms with E-state index in [1.54, 1.807) is 0 Å². The molecule has 0 atom stereocenters. The third kappa shape index (κ3) is 2.45. The SMILES string of the molecule is CC(C)(C)C(=O)n1nc(N2CCOCC2)nc1N. The van der Waals surface area contributed by atoms with Gasteiger partial charge < -0.3 is 15.4 Å². The van der Waals surface area contributed by atoms with Gasteiger partial charge >= 0.3 is 0 Å². The van der Waals surface area contributed by atoms with Crippen LogP contribution in [0.3, 0.4) is 0 Å². The van der Waals surface area contributed by atoms with Gasteiger partial charge in [0.1, 0.15) is 0 Å². The van der Waals surface area contributed by atoms with Gasteiger partial charge in [0.2, 0.25) is 11.9 Å². The zero-order chi connectivity index (χ0) is 13.3. The standard InChI is InChI=1S/C11H19N5O2/c1-11(2,3)8(17)16-9(12)13-10(14-16)15-4-6-18-7-5-15/h4-7H2,1-3H3,(H2,12,13,14). The Balaban J connectivity index is 2.24. The summed E-state index contributed by atoms with van der Waals surface area (Å²) >= 11 is 0. The van der Waals surface area contributed by atoms with Crippen LogP contribution >= 0.6 is 0 Å². The number of hydrogen-bond acceptors (Lipinski definition) is 6. The Labute approximate surface area is 106 Å². The Hall–Kier alpha value is -1.63. The first kappa shape index (κ1) is 12.8. The van der Waals surface area contributed by atoms with Crippen LogP contribution in [0.25, 0.3) is 0 Å². The Morgan fingerprint density at radius 3 is 2.50 bits per heavy atom. The lowest BCUT2D eigenvalue weighted by atomic mass is 9.96. The second kappa shape index (κ2) is 4.56. The summed E-state index contributed by atoms with van der Waals surface area (Å²) in [5, 5.41) is 4.20. The molecule has 0 radical (unpaired) electrons. The quantitative estimate of drug-likeness (QED) is 0.778. The van der Waals surface area contributed by atoms with Gasteiger partial charge in [-0.05, 0) is 0 Å². The van der Waals surface area contributed by atoms with Crippen molar-refractivity contribution in [2.24, 2.45) is 5.41 Å². The lowest BCUT2D eigenvalue weighted by Crippen LogP contribution is -2.37. The van der Waals surface area contributed by atoms with E-state index in [0.29, 0.717) is 32.3 Å². The van der Waals surface area contributed by atoms with Gasteiger partial charge in [-0.15, -0.1) is 5.10 Å². The normalized spacial score (nSPS) is 16.9. The first-order valence-electron chi connectivity index (χ1n) is 5.99. The molecule has 100 valence electrons. The molecule has 7 nitrogen and oxygen atoms in total. The molecule has 0 amide bonds. The molecule has 1 aliphatic rings. The van der Waals surface area contributed by atoms with Crippen LogP contribution in [0.5, 0.6) is 0 Å². The molecule has 1 aromatic rings. The molecule has 1 aromatic heterocycles. The van der Waals surface area contributed by atoms with E-state index in [4.69, 9.17) is 10.5 Å². The van der Waals surface area contributed by atoms with Crippen LogP contribution < -0.4 is 10.6 Å². The highest BCUT2D eigenvalue weighted by Gasteiger charge is 2.28. The molecule has 0 saturated carbocycles. The molecule has 2 heterocycles. The van der Waals surface area contributed by atoms with E-state index >= 15 is 0 Å². The van der Waals surface area contributed by atoms with Crippen molar-refractivity contribution in [3.63, 3.8) is 0 Å². The fourth-order valence-corrected chi connectivity index (χ4v) is 1.68. The van der Waals surface area contributed by atoms with Crippen molar-refractivity contribution in [1.29, 1.82) is 0 Å². The summed E-state index contributed by atoms with van der Waals surface area (Å²) in [7, 11) is 0. The molecule has 0 spiro atoms. The molecule has 0 aliphatic carbocycles. The summed E-state index contributed by atoms with van der Waals surface area (Å²) < 4.78 is 6.44. The average Bonchev–Trinajstić information content (AvgIpc) is 2.70. The van der Waals surface area contributed by atoms with Crippen molar-refractivity contribution in [3.05, 3.63) is 0 Å². The second-order valence-electron chi connectivity index (χ2n) is 5.34. The lowest BCUT2D eigenvalue weighted by Gasteiger charge is -2.25. The van der Waals surface area contributed by atoms with Crippen LogP contribution in [0, 0.1) is 5.41 Å². The number of ether oxygens (including phenoxy) is 1. The van der Waals surface area contributed by atoms with Crippen molar-refractivity contribution >= 4 is 17.8 Å². The fourth-order valence-electron chi connectivity index (χ4n) is 1.68. The topological polar surface area (TPSA) is 86.3 Å². The number of nitrogen functional groups attached to an aromatic ring is 1. The zero-order valence-electron chi connectivity index (χ0n) is 11.0. The monoisotopic (exact) mass is 253 g/mol. The van der Waals surface area contributed by atoms with Crippen LogP contribution in [0.1, 0.15) is 25.6 Å². The van der Waals surface area contributed by atoms with Crippen LogP contribution in [-0.4, -0.2) is 47.0 Å². The molecule has 7 heteroatoms. The van der Waals surface area contributed by atoms with Crippen molar-refractivity contribution in [2.45, 2.75) is 20.8 Å². The largest absolute Gasteiger partial charge is 0.378 e. The van der Waals surface area contributed by atoms with Crippen LogP contribution in [0.15, 0.2) is 0 Å². The number of morpholine rings is 1. The average molecular weight is 253 g/mol. The Morgan fingerprint density at radius 1 is 1.33 bits per heavy atom. The highest BCUT2D eigenvalue weighted by Crippen LogP contribution is 2.20. The van der Waals surface area contributed by atoms with Gasteiger partial charge in [0, 0.05) is 18.5 Å². The molecule has 0 unspecified atom stereocenters. The highest BCUT2D eigenvalue weighted by atomic mass is 16.5. The molecular weight excluding hydrogens is 234 g/mol. The maximum Gasteiger partial charge on any atom is 0.255 e. The van der Waals surface area contributed by atoms with Crippen molar-refractivity contribution in [1.82, 2.24) is 14.8 Å². The summed E-state index contributed by atoms with van der Waals surface area (Å²) in [5.41, 5.74) is 5.22. The van der Waals surface area contributed by atoms with Crippen molar-refractivity contribution in [2.75, 3.05) is 36.9 Å². The number of hydrogen-bond donors (Lipinski definition) is 1.